The van der Waals surface area contributed by atoms with Crippen LogP contribution in [0.5, 0.6) is 0 Å². The van der Waals surface area contributed by atoms with E-state index in [1.165, 1.54) is 12.0 Å². The van der Waals surface area contributed by atoms with Crippen LogP contribution >= 0.6 is 7.60 Å². The number of carbonyl (C=O) groups is 2. The molecule has 2 fully saturated rings. The van der Waals surface area contributed by atoms with E-state index in [9.17, 15) is 14.2 Å². The molecule has 1 saturated carbocycles. The smallest absolute Gasteiger partial charge is 0.410 e. The second kappa shape index (κ2) is 10.6. The van der Waals surface area contributed by atoms with E-state index in [1.54, 1.807) is 6.92 Å². The summed E-state index contributed by atoms with van der Waals surface area (Å²) in [5.41, 5.74) is 0. The third kappa shape index (κ3) is 5.71. The van der Waals surface area contributed by atoms with Gasteiger partial charge in [0.15, 0.2) is 0 Å². The molecule has 1 heterocycles. The Morgan fingerprint density at radius 1 is 1.00 bits per heavy atom. The lowest BCUT2D eigenvalue weighted by Gasteiger charge is -2.46. The van der Waals surface area contributed by atoms with Crippen LogP contribution in [0.4, 0.5) is 4.79 Å². The standard InChI is InChI=1S/C19H34NO7P/c1-5-25-18(21)17-11-16-10-14(13-28(23,26-6-2)27-7-3)8-9-15(16)12-20(17)19(22)24-4/h14-17H,5-13H2,1-4H3. The van der Waals surface area contributed by atoms with Crippen molar-refractivity contribution in [2.45, 2.75) is 52.5 Å². The summed E-state index contributed by atoms with van der Waals surface area (Å²) in [6.45, 7) is 6.85. The molecule has 0 N–H and O–H groups in total. The van der Waals surface area contributed by atoms with E-state index in [0.717, 1.165) is 19.3 Å². The van der Waals surface area contributed by atoms with Crippen LogP contribution in [-0.2, 0) is 27.9 Å². The zero-order chi connectivity index (χ0) is 20.7. The van der Waals surface area contributed by atoms with Crippen molar-refractivity contribution in [1.82, 2.24) is 4.90 Å². The molecule has 1 amide bonds. The first-order valence-corrected chi connectivity index (χ1v) is 12.0. The lowest BCUT2D eigenvalue weighted by molar-refractivity contribution is -0.152. The number of carbonyl (C=O) groups excluding carboxylic acids is 2. The Morgan fingerprint density at radius 3 is 2.25 bits per heavy atom. The number of hydrogen-bond donors (Lipinski definition) is 0. The Kier molecular flexibility index (Phi) is 8.78. The van der Waals surface area contributed by atoms with E-state index in [0.29, 0.717) is 38.3 Å². The molecule has 4 unspecified atom stereocenters. The normalized spacial score (nSPS) is 27.8. The van der Waals surface area contributed by atoms with Crippen LogP contribution in [0.2, 0.25) is 0 Å². The first-order chi connectivity index (χ1) is 13.4. The number of ether oxygens (including phenoxy) is 2. The average Bonchev–Trinajstić information content (AvgIpc) is 2.66. The van der Waals surface area contributed by atoms with E-state index >= 15 is 0 Å². The van der Waals surface area contributed by atoms with Gasteiger partial charge in [0.05, 0.1) is 33.1 Å². The predicted octanol–water partition coefficient (Wildman–Crippen LogP) is 3.69. The molecular formula is C19H34NO7P. The Bertz CT molecular complexity index is 575. The minimum Gasteiger partial charge on any atom is -0.464 e. The number of esters is 1. The van der Waals surface area contributed by atoms with Crippen LogP contribution in [0.1, 0.15) is 46.5 Å². The van der Waals surface area contributed by atoms with Crippen molar-refractivity contribution in [3.8, 4) is 0 Å². The van der Waals surface area contributed by atoms with Crippen molar-refractivity contribution in [2.24, 2.45) is 17.8 Å². The van der Waals surface area contributed by atoms with Crippen molar-refractivity contribution in [3.63, 3.8) is 0 Å². The van der Waals surface area contributed by atoms with Crippen LogP contribution in [0.3, 0.4) is 0 Å². The maximum absolute atomic E-state index is 12.9. The molecule has 1 saturated heterocycles. The number of likely N-dealkylation sites (tertiary alicyclic amines) is 1. The topological polar surface area (TPSA) is 91.4 Å². The largest absolute Gasteiger partial charge is 0.464 e. The molecule has 9 heteroatoms. The SMILES string of the molecule is CCOC(=O)C1CC2CC(CP(=O)(OCC)OCC)CCC2CN1C(=O)OC. The number of nitrogens with zero attached hydrogens (tertiary/aromatic N) is 1. The highest BCUT2D eigenvalue weighted by Crippen LogP contribution is 2.53. The minimum atomic E-state index is -3.09. The highest BCUT2D eigenvalue weighted by atomic mass is 31.2. The average molecular weight is 419 g/mol. The summed E-state index contributed by atoms with van der Waals surface area (Å²) in [7, 11) is -1.76. The fourth-order valence-corrected chi connectivity index (χ4v) is 6.58. The van der Waals surface area contributed by atoms with Gasteiger partial charge in [-0.2, -0.15) is 0 Å². The van der Waals surface area contributed by atoms with Crippen LogP contribution < -0.4 is 0 Å². The Morgan fingerprint density at radius 2 is 1.68 bits per heavy atom. The number of rotatable bonds is 8. The molecule has 8 nitrogen and oxygen atoms in total. The van der Waals surface area contributed by atoms with Gasteiger partial charge in [-0.15, -0.1) is 0 Å². The number of amides is 1. The van der Waals surface area contributed by atoms with Gasteiger partial charge in [0, 0.05) is 6.54 Å². The van der Waals surface area contributed by atoms with Crippen LogP contribution in [0, 0.1) is 17.8 Å². The first kappa shape index (κ1) is 23.2. The highest BCUT2D eigenvalue weighted by Gasteiger charge is 2.45. The summed E-state index contributed by atoms with van der Waals surface area (Å²) in [5, 5.41) is 0. The van der Waals surface area contributed by atoms with Crippen LogP contribution in [0.25, 0.3) is 0 Å². The zero-order valence-corrected chi connectivity index (χ0v) is 18.3. The summed E-state index contributed by atoms with van der Waals surface area (Å²) in [4.78, 5) is 26.1. The molecule has 1 aliphatic heterocycles. The maximum Gasteiger partial charge on any atom is 0.410 e. The molecule has 1 aliphatic carbocycles. The van der Waals surface area contributed by atoms with Gasteiger partial charge in [-0.25, -0.2) is 9.59 Å². The molecule has 4 atom stereocenters. The molecule has 2 rings (SSSR count). The van der Waals surface area contributed by atoms with Gasteiger partial charge in [0.25, 0.3) is 0 Å². The molecule has 0 aromatic carbocycles. The third-order valence-corrected chi connectivity index (χ3v) is 7.95. The number of hydrogen-bond acceptors (Lipinski definition) is 7. The minimum absolute atomic E-state index is 0.220. The first-order valence-electron chi connectivity index (χ1n) is 10.3. The highest BCUT2D eigenvalue weighted by molar-refractivity contribution is 7.53. The summed E-state index contributed by atoms with van der Waals surface area (Å²) in [5.74, 6) is 0.408. The fourth-order valence-electron chi connectivity index (χ4n) is 4.55. The Labute approximate surface area is 167 Å². The maximum atomic E-state index is 12.9. The molecular weight excluding hydrogens is 385 g/mol. The lowest BCUT2D eigenvalue weighted by Crippen LogP contribution is -2.55. The molecule has 28 heavy (non-hydrogen) atoms. The van der Waals surface area contributed by atoms with Crippen molar-refractivity contribution in [2.75, 3.05) is 39.6 Å². The number of piperidine rings is 1. The van der Waals surface area contributed by atoms with Crippen LogP contribution in [-0.4, -0.2) is 62.6 Å². The zero-order valence-electron chi connectivity index (χ0n) is 17.4. The molecule has 2 aliphatic rings. The second-order valence-corrected chi connectivity index (χ2v) is 9.56. The molecule has 0 bridgehead atoms. The Balaban J connectivity index is 2.08. The fraction of sp³-hybridized carbons (Fsp3) is 0.895. The van der Waals surface area contributed by atoms with Crippen molar-refractivity contribution < 1.29 is 32.7 Å². The van der Waals surface area contributed by atoms with Crippen molar-refractivity contribution >= 4 is 19.7 Å². The lowest BCUT2D eigenvalue weighted by atomic mass is 9.69. The molecule has 162 valence electrons. The monoisotopic (exact) mass is 419 g/mol. The quantitative estimate of drug-likeness (QED) is 0.438. The third-order valence-electron chi connectivity index (χ3n) is 5.68. The second-order valence-electron chi connectivity index (χ2n) is 7.45. The summed E-state index contributed by atoms with van der Waals surface area (Å²) in [6.07, 6.45) is 3.13. The Hall–Kier alpha value is -1.11. The molecule has 0 radical (unpaired) electrons. The van der Waals surface area contributed by atoms with E-state index in [1.807, 2.05) is 13.8 Å². The van der Waals surface area contributed by atoms with Crippen LogP contribution in [0.15, 0.2) is 0 Å². The van der Waals surface area contributed by atoms with Gasteiger partial charge in [-0.3, -0.25) is 9.46 Å². The molecule has 0 aromatic heterocycles. The van der Waals surface area contributed by atoms with E-state index in [2.05, 4.69) is 0 Å². The van der Waals surface area contributed by atoms with E-state index in [-0.39, 0.29) is 24.4 Å². The van der Waals surface area contributed by atoms with Gasteiger partial charge < -0.3 is 18.5 Å². The molecule has 0 spiro atoms. The van der Waals surface area contributed by atoms with Gasteiger partial charge in [0.1, 0.15) is 6.04 Å². The summed E-state index contributed by atoms with van der Waals surface area (Å²) < 4.78 is 33.9. The van der Waals surface area contributed by atoms with Crippen molar-refractivity contribution in [3.05, 3.63) is 0 Å². The number of fused-ring (bicyclic) bond motifs is 1. The van der Waals surface area contributed by atoms with E-state index in [4.69, 9.17) is 18.5 Å². The summed E-state index contributed by atoms with van der Waals surface area (Å²) in [6, 6.07) is -0.627. The van der Waals surface area contributed by atoms with Gasteiger partial charge in [-0.05, 0) is 64.2 Å². The molecule has 0 aromatic rings. The number of methoxy groups -OCH3 is 1. The van der Waals surface area contributed by atoms with E-state index < -0.39 is 19.7 Å². The van der Waals surface area contributed by atoms with Gasteiger partial charge in [-0.1, -0.05) is 0 Å². The summed E-state index contributed by atoms with van der Waals surface area (Å²) >= 11 is 0. The predicted molar refractivity (Wildman–Crippen MR) is 104 cm³/mol. The van der Waals surface area contributed by atoms with Gasteiger partial charge in [0.2, 0.25) is 0 Å². The van der Waals surface area contributed by atoms with Crippen molar-refractivity contribution in [1.29, 1.82) is 0 Å². The van der Waals surface area contributed by atoms with Gasteiger partial charge >= 0.3 is 19.7 Å².